The molecule has 2 aromatic carbocycles. The topological polar surface area (TPSA) is 132 Å². The van der Waals surface area contributed by atoms with E-state index in [1.807, 2.05) is 45.9 Å². The van der Waals surface area contributed by atoms with Crippen LogP contribution in [0.3, 0.4) is 0 Å². The van der Waals surface area contributed by atoms with Gasteiger partial charge in [-0.05, 0) is 77.3 Å². The second-order valence-corrected chi connectivity index (χ2v) is 11.9. The summed E-state index contributed by atoms with van der Waals surface area (Å²) in [6.45, 7) is 10.4. The van der Waals surface area contributed by atoms with Crippen molar-refractivity contribution in [1.29, 1.82) is 0 Å². The third-order valence-electron chi connectivity index (χ3n) is 7.55. The molecule has 0 saturated carbocycles. The van der Waals surface area contributed by atoms with E-state index < -0.39 is 12.1 Å². The molecule has 242 valence electrons. The molecule has 1 aliphatic rings. The summed E-state index contributed by atoms with van der Waals surface area (Å²) in [5, 5.41) is 18.6. The summed E-state index contributed by atoms with van der Waals surface area (Å²) >= 11 is 0. The maximum atomic E-state index is 14.2. The number of urea groups is 2. The van der Waals surface area contributed by atoms with Gasteiger partial charge in [0.1, 0.15) is 5.75 Å². The Morgan fingerprint density at radius 1 is 1.05 bits per heavy atom. The van der Waals surface area contributed by atoms with Crippen LogP contribution in [0.1, 0.15) is 64.2 Å². The molecule has 0 aliphatic carbocycles. The monoisotopic (exact) mass is 611 g/mol. The van der Waals surface area contributed by atoms with Gasteiger partial charge in [0.2, 0.25) is 0 Å². The normalized spacial score (nSPS) is 20.5. The summed E-state index contributed by atoms with van der Waals surface area (Å²) in [5.74, 6) is -0.102. The molecule has 0 aromatic heterocycles. The predicted molar refractivity (Wildman–Crippen MR) is 172 cm³/mol. The quantitative estimate of drug-likeness (QED) is 0.341. The van der Waals surface area contributed by atoms with Crippen molar-refractivity contribution in [3.8, 4) is 5.75 Å². The van der Waals surface area contributed by atoms with Crippen molar-refractivity contribution in [3.05, 3.63) is 54.1 Å². The van der Waals surface area contributed by atoms with E-state index in [9.17, 15) is 19.5 Å². The smallest absolute Gasteiger partial charge is 0.323 e. The van der Waals surface area contributed by atoms with E-state index in [0.29, 0.717) is 30.3 Å². The number of benzene rings is 2. The highest BCUT2D eigenvalue weighted by molar-refractivity contribution is 6.02. The van der Waals surface area contributed by atoms with Crippen LogP contribution < -0.4 is 20.7 Å². The Labute approximate surface area is 261 Å². The number of amides is 5. The van der Waals surface area contributed by atoms with Gasteiger partial charge in [-0.1, -0.05) is 25.1 Å². The summed E-state index contributed by atoms with van der Waals surface area (Å²) < 4.78 is 12.6. The maximum absolute atomic E-state index is 14.2. The number of likely N-dealkylation sites (N-methyl/N-ethyl adjacent to an activating group) is 1. The largest absolute Gasteiger partial charge is 0.490 e. The lowest BCUT2D eigenvalue weighted by Gasteiger charge is -2.36. The molecule has 0 saturated heterocycles. The van der Waals surface area contributed by atoms with E-state index >= 15 is 0 Å². The number of nitrogens with zero attached hydrogens (tertiary/aromatic N) is 2. The van der Waals surface area contributed by atoms with Gasteiger partial charge in [0.05, 0.1) is 30.4 Å². The van der Waals surface area contributed by atoms with Crippen molar-refractivity contribution in [2.75, 3.05) is 44.0 Å². The predicted octanol–water partition coefficient (Wildman–Crippen LogP) is 5.18. The number of anilines is 2. The van der Waals surface area contributed by atoms with Gasteiger partial charge in [0, 0.05) is 50.1 Å². The molecule has 11 nitrogen and oxygen atoms in total. The molecule has 4 N–H and O–H groups in total. The molecule has 0 spiro atoms. The molecular weight excluding hydrogens is 562 g/mol. The lowest BCUT2D eigenvalue weighted by molar-refractivity contribution is -0.0122. The van der Waals surface area contributed by atoms with Gasteiger partial charge in [0.15, 0.2) is 0 Å². The first-order valence-electron chi connectivity index (χ1n) is 15.5. The molecule has 1 aliphatic heterocycles. The molecule has 0 fully saturated rings. The van der Waals surface area contributed by atoms with Crippen molar-refractivity contribution in [2.45, 2.75) is 78.2 Å². The van der Waals surface area contributed by atoms with Crippen molar-refractivity contribution < 1.29 is 29.0 Å². The molecule has 2 aromatic rings. The minimum absolute atomic E-state index is 0.00104. The van der Waals surface area contributed by atoms with Gasteiger partial charge in [-0.25, -0.2) is 9.59 Å². The number of ether oxygens (including phenoxy) is 2. The zero-order valence-corrected chi connectivity index (χ0v) is 26.8. The Kier molecular flexibility index (Phi) is 13.3. The molecule has 0 unspecified atom stereocenters. The Morgan fingerprint density at radius 2 is 1.75 bits per heavy atom. The summed E-state index contributed by atoms with van der Waals surface area (Å²) in [6, 6.07) is 12.9. The fourth-order valence-corrected chi connectivity index (χ4v) is 4.99. The van der Waals surface area contributed by atoms with Crippen LogP contribution in [0.4, 0.5) is 21.0 Å². The molecule has 11 heteroatoms. The SMILES string of the molecule is CC(C)NC(=O)N(C)C[C@@H]1OCCCC[C@@H](C)Oc2ccc(NC(=O)Nc3ccccc3)cc2C(=O)N([C@H](C)CO)C[C@@H]1C. The highest BCUT2D eigenvalue weighted by Crippen LogP contribution is 2.28. The highest BCUT2D eigenvalue weighted by Gasteiger charge is 2.31. The molecule has 1 heterocycles. The second-order valence-electron chi connectivity index (χ2n) is 11.9. The van der Waals surface area contributed by atoms with Crippen LogP contribution in [0.5, 0.6) is 5.75 Å². The van der Waals surface area contributed by atoms with E-state index in [1.165, 1.54) is 0 Å². The number of hydrogen-bond acceptors (Lipinski definition) is 6. The van der Waals surface area contributed by atoms with E-state index in [0.717, 1.165) is 19.3 Å². The number of fused-ring (bicyclic) bond motifs is 1. The maximum Gasteiger partial charge on any atom is 0.323 e. The molecule has 4 atom stereocenters. The van der Waals surface area contributed by atoms with E-state index in [-0.39, 0.29) is 54.8 Å². The zero-order valence-electron chi connectivity index (χ0n) is 26.8. The first kappa shape index (κ1) is 34.7. The fourth-order valence-electron chi connectivity index (χ4n) is 4.99. The number of para-hydroxylation sites is 1. The summed E-state index contributed by atoms with van der Waals surface area (Å²) in [6.07, 6.45) is 1.92. The van der Waals surface area contributed by atoms with Crippen LogP contribution in [-0.4, -0.2) is 90.5 Å². The third-order valence-corrected chi connectivity index (χ3v) is 7.55. The molecule has 44 heavy (non-hydrogen) atoms. The Balaban J connectivity index is 1.91. The Morgan fingerprint density at radius 3 is 2.43 bits per heavy atom. The van der Waals surface area contributed by atoms with Crippen LogP contribution >= 0.6 is 0 Å². The first-order chi connectivity index (χ1) is 21.0. The lowest BCUT2D eigenvalue weighted by Crippen LogP contribution is -2.49. The van der Waals surface area contributed by atoms with Crippen LogP contribution in [0.25, 0.3) is 0 Å². The van der Waals surface area contributed by atoms with Crippen LogP contribution in [0.15, 0.2) is 48.5 Å². The van der Waals surface area contributed by atoms with E-state index in [4.69, 9.17) is 9.47 Å². The average molecular weight is 612 g/mol. The molecule has 3 rings (SSSR count). The van der Waals surface area contributed by atoms with Crippen molar-refractivity contribution in [1.82, 2.24) is 15.1 Å². The van der Waals surface area contributed by atoms with Gasteiger partial charge < -0.3 is 40.3 Å². The van der Waals surface area contributed by atoms with Gasteiger partial charge in [0.25, 0.3) is 5.91 Å². The molecule has 0 radical (unpaired) electrons. The van der Waals surface area contributed by atoms with E-state index in [2.05, 4.69) is 16.0 Å². The summed E-state index contributed by atoms with van der Waals surface area (Å²) in [4.78, 5) is 42.8. The number of carbonyl (C=O) groups excluding carboxylic acids is 3. The molecular formula is C33H49N5O6. The van der Waals surface area contributed by atoms with Gasteiger partial charge in [-0.3, -0.25) is 4.79 Å². The zero-order chi connectivity index (χ0) is 32.2. The summed E-state index contributed by atoms with van der Waals surface area (Å²) in [5.41, 5.74) is 1.34. The number of hydrogen-bond donors (Lipinski definition) is 4. The number of rotatable bonds is 7. The molecule has 0 bridgehead atoms. The minimum Gasteiger partial charge on any atom is -0.490 e. The fraction of sp³-hybridized carbons (Fsp3) is 0.545. The molecule has 5 amide bonds. The van der Waals surface area contributed by atoms with Gasteiger partial charge >= 0.3 is 12.1 Å². The van der Waals surface area contributed by atoms with Gasteiger partial charge in [-0.15, -0.1) is 0 Å². The first-order valence-corrected chi connectivity index (χ1v) is 15.5. The van der Waals surface area contributed by atoms with Gasteiger partial charge in [-0.2, -0.15) is 0 Å². The van der Waals surface area contributed by atoms with Crippen LogP contribution in [0, 0.1) is 5.92 Å². The number of aliphatic hydroxyl groups excluding tert-OH is 1. The van der Waals surface area contributed by atoms with Crippen LogP contribution in [-0.2, 0) is 4.74 Å². The number of carbonyl (C=O) groups is 3. The minimum atomic E-state index is -0.510. The second kappa shape index (κ2) is 16.9. The third kappa shape index (κ3) is 10.4. The standard InChI is InChI=1S/C33H49N5O6/c1-22(2)34-33(42)37(6)20-30-23(3)19-38(24(4)21-39)31(40)28-18-27(36-32(41)35-26-13-8-7-9-14-26)15-16-29(28)44-25(5)12-10-11-17-43-30/h7-9,13-16,18,22-25,30,39H,10-12,17,19-21H2,1-6H3,(H,34,42)(H2,35,36,41)/t23-,24+,25+,30-/m0/s1. The highest BCUT2D eigenvalue weighted by atomic mass is 16.5. The number of aliphatic hydroxyl groups is 1. The van der Waals surface area contributed by atoms with Crippen molar-refractivity contribution in [2.24, 2.45) is 5.92 Å². The van der Waals surface area contributed by atoms with Crippen LogP contribution in [0.2, 0.25) is 0 Å². The Hall–Kier alpha value is -3.83. The van der Waals surface area contributed by atoms with Crippen molar-refractivity contribution >= 4 is 29.3 Å². The average Bonchev–Trinajstić information content (AvgIpc) is 2.98. The Bertz CT molecular complexity index is 1230. The van der Waals surface area contributed by atoms with E-state index in [1.54, 1.807) is 54.1 Å². The lowest BCUT2D eigenvalue weighted by atomic mass is 10.0. The number of nitrogens with one attached hydrogen (secondary N) is 3. The summed E-state index contributed by atoms with van der Waals surface area (Å²) in [7, 11) is 1.73. The van der Waals surface area contributed by atoms with Crippen molar-refractivity contribution in [3.63, 3.8) is 0 Å².